The number of hydrogen-bond acceptors (Lipinski definition) is 4. The number of rotatable bonds is 3. The summed E-state index contributed by atoms with van der Waals surface area (Å²) in [6.45, 7) is 5.87. The van der Waals surface area contributed by atoms with Gasteiger partial charge in [0.05, 0.1) is 6.04 Å². The summed E-state index contributed by atoms with van der Waals surface area (Å²) in [5, 5.41) is 5.19. The van der Waals surface area contributed by atoms with Gasteiger partial charge in [0.2, 0.25) is 5.89 Å². The number of nitrogens with zero attached hydrogens (tertiary/aromatic N) is 3. The van der Waals surface area contributed by atoms with Gasteiger partial charge >= 0.3 is 0 Å². The van der Waals surface area contributed by atoms with Gasteiger partial charge in [-0.05, 0) is 31.9 Å². The average molecular weight is 308 g/mol. The molecule has 0 spiro atoms. The fourth-order valence-electron chi connectivity index (χ4n) is 3.26. The van der Waals surface area contributed by atoms with Crippen molar-refractivity contribution < 1.29 is 4.52 Å². The summed E-state index contributed by atoms with van der Waals surface area (Å²) >= 11 is 0. The summed E-state index contributed by atoms with van der Waals surface area (Å²) in [6, 6.07) is 8.60. The molecule has 1 unspecified atom stereocenters. The minimum atomic E-state index is 0.150. The van der Waals surface area contributed by atoms with Crippen LogP contribution in [0.5, 0.6) is 0 Å². The lowest BCUT2D eigenvalue weighted by Gasteiger charge is -2.29. The van der Waals surface area contributed by atoms with Crippen LogP contribution in [0, 0.1) is 6.92 Å². The number of fused-ring (bicyclic) bond motifs is 1. The maximum absolute atomic E-state index is 5.31. The van der Waals surface area contributed by atoms with Crippen molar-refractivity contribution in [1.82, 2.24) is 20.0 Å². The molecule has 3 aromatic rings. The molecule has 0 amide bonds. The van der Waals surface area contributed by atoms with E-state index in [1.54, 1.807) is 0 Å². The fraction of sp³-hybridized carbons (Fsp3) is 0.333. The third kappa shape index (κ3) is 2.57. The van der Waals surface area contributed by atoms with Crippen molar-refractivity contribution in [2.24, 2.45) is 0 Å². The van der Waals surface area contributed by atoms with Crippen LogP contribution in [-0.4, -0.2) is 33.1 Å². The Morgan fingerprint density at radius 1 is 1.30 bits per heavy atom. The number of para-hydroxylation sites is 1. The number of aryl methyl sites for hydroxylation is 1. The normalized spacial score (nSPS) is 17.4. The zero-order chi connectivity index (χ0) is 15.8. The van der Waals surface area contributed by atoms with Crippen molar-refractivity contribution >= 4 is 16.5 Å². The Bertz CT molecular complexity index is 861. The van der Waals surface area contributed by atoms with Crippen LogP contribution in [0.25, 0.3) is 16.5 Å². The second-order valence-electron chi connectivity index (χ2n) is 6.08. The van der Waals surface area contributed by atoms with E-state index in [-0.39, 0.29) is 6.04 Å². The molecule has 1 aliphatic heterocycles. The van der Waals surface area contributed by atoms with E-state index in [1.165, 1.54) is 22.0 Å². The Morgan fingerprint density at radius 2 is 2.17 bits per heavy atom. The van der Waals surface area contributed by atoms with Crippen molar-refractivity contribution in [1.29, 1.82) is 0 Å². The Balaban J connectivity index is 1.55. The van der Waals surface area contributed by atoms with E-state index in [1.807, 2.05) is 6.92 Å². The SMILES string of the molecule is Cc1noc(C(C)N2CC=C(c3c[nH]c4ccccc34)CC2)n1. The lowest BCUT2D eigenvalue weighted by atomic mass is 9.98. The van der Waals surface area contributed by atoms with E-state index in [0.717, 1.165) is 19.5 Å². The molecule has 4 rings (SSSR count). The van der Waals surface area contributed by atoms with Crippen molar-refractivity contribution in [3.8, 4) is 0 Å². The van der Waals surface area contributed by atoms with E-state index in [9.17, 15) is 0 Å². The monoisotopic (exact) mass is 308 g/mol. The molecule has 0 fully saturated rings. The third-order valence-corrected chi connectivity index (χ3v) is 4.62. The topological polar surface area (TPSA) is 58.0 Å². The Kier molecular flexibility index (Phi) is 3.50. The molecule has 0 bridgehead atoms. The molecule has 0 saturated heterocycles. The minimum Gasteiger partial charge on any atom is -0.361 e. The van der Waals surface area contributed by atoms with Crippen molar-refractivity contribution in [3.63, 3.8) is 0 Å². The number of nitrogens with one attached hydrogen (secondary N) is 1. The summed E-state index contributed by atoms with van der Waals surface area (Å²) < 4.78 is 5.31. The van der Waals surface area contributed by atoms with Gasteiger partial charge in [-0.1, -0.05) is 29.4 Å². The number of hydrogen-bond donors (Lipinski definition) is 1. The maximum atomic E-state index is 5.31. The Labute approximate surface area is 135 Å². The molecule has 0 aliphatic carbocycles. The lowest BCUT2D eigenvalue weighted by molar-refractivity contribution is 0.189. The predicted octanol–water partition coefficient (Wildman–Crippen LogP) is 3.71. The number of benzene rings is 1. The average Bonchev–Trinajstić information content (AvgIpc) is 3.21. The first-order valence-corrected chi connectivity index (χ1v) is 8.02. The standard InChI is InChI=1S/C18H20N4O/c1-12(18-20-13(2)21-23-18)22-9-7-14(8-10-22)16-11-19-17-6-4-3-5-15(16)17/h3-7,11-12,19H,8-10H2,1-2H3. The summed E-state index contributed by atoms with van der Waals surface area (Å²) in [5.41, 5.74) is 3.93. The van der Waals surface area contributed by atoms with Crippen LogP contribution >= 0.6 is 0 Å². The smallest absolute Gasteiger partial charge is 0.243 e. The van der Waals surface area contributed by atoms with Crippen LogP contribution in [0.15, 0.2) is 41.1 Å². The Hall–Kier alpha value is -2.40. The molecule has 3 heterocycles. The molecule has 5 heteroatoms. The highest BCUT2D eigenvalue weighted by molar-refractivity contribution is 5.92. The first-order chi connectivity index (χ1) is 11.2. The lowest BCUT2D eigenvalue weighted by Crippen LogP contribution is -2.31. The van der Waals surface area contributed by atoms with E-state index in [2.05, 4.69) is 63.5 Å². The van der Waals surface area contributed by atoms with Crippen molar-refractivity contribution in [2.45, 2.75) is 26.3 Å². The van der Waals surface area contributed by atoms with Gasteiger partial charge in [-0.15, -0.1) is 0 Å². The van der Waals surface area contributed by atoms with Gasteiger partial charge in [-0.25, -0.2) is 0 Å². The second kappa shape index (κ2) is 5.66. The molecular formula is C18H20N4O. The largest absolute Gasteiger partial charge is 0.361 e. The molecule has 0 radical (unpaired) electrons. The molecule has 5 nitrogen and oxygen atoms in total. The summed E-state index contributed by atoms with van der Waals surface area (Å²) in [6.07, 6.45) is 5.47. The maximum Gasteiger partial charge on any atom is 0.243 e. The van der Waals surface area contributed by atoms with Gasteiger partial charge in [0.15, 0.2) is 5.82 Å². The van der Waals surface area contributed by atoms with Crippen LogP contribution < -0.4 is 0 Å². The van der Waals surface area contributed by atoms with E-state index < -0.39 is 0 Å². The molecular weight excluding hydrogens is 288 g/mol. The number of aromatic amines is 1. The van der Waals surface area contributed by atoms with Crippen molar-refractivity contribution in [2.75, 3.05) is 13.1 Å². The summed E-state index contributed by atoms with van der Waals surface area (Å²) in [5.74, 6) is 1.39. The van der Waals surface area contributed by atoms with E-state index in [4.69, 9.17) is 4.52 Å². The van der Waals surface area contributed by atoms with E-state index >= 15 is 0 Å². The zero-order valence-electron chi connectivity index (χ0n) is 13.4. The predicted molar refractivity (Wildman–Crippen MR) is 89.9 cm³/mol. The molecule has 1 N–H and O–H groups in total. The minimum absolute atomic E-state index is 0.150. The van der Waals surface area contributed by atoms with Gasteiger partial charge in [0.1, 0.15) is 0 Å². The number of H-pyrrole nitrogens is 1. The highest BCUT2D eigenvalue weighted by atomic mass is 16.5. The van der Waals surface area contributed by atoms with Crippen LogP contribution in [0.1, 0.15) is 36.7 Å². The van der Waals surface area contributed by atoms with Crippen LogP contribution in [0.3, 0.4) is 0 Å². The van der Waals surface area contributed by atoms with Gasteiger partial charge in [0, 0.05) is 35.8 Å². The third-order valence-electron chi connectivity index (χ3n) is 4.62. The fourth-order valence-corrected chi connectivity index (χ4v) is 3.26. The van der Waals surface area contributed by atoms with E-state index in [0.29, 0.717) is 11.7 Å². The van der Waals surface area contributed by atoms with Gasteiger partial charge in [-0.3, -0.25) is 4.90 Å². The first-order valence-electron chi connectivity index (χ1n) is 8.02. The molecule has 1 aromatic carbocycles. The highest BCUT2D eigenvalue weighted by Crippen LogP contribution is 2.31. The van der Waals surface area contributed by atoms with Crippen LogP contribution in [0.2, 0.25) is 0 Å². The molecule has 2 aromatic heterocycles. The molecule has 118 valence electrons. The van der Waals surface area contributed by atoms with Gasteiger partial charge in [-0.2, -0.15) is 4.98 Å². The van der Waals surface area contributed by atoms with Crippen molar-refractivity contribution in [3.05, 3.63) is 53.8 Å². The van der Waals surface area contributed by atoms with Gasteiger partial charge < -0.3 is 9.51 Å². The molecule has 1 aliphatic rings. The molecule has 1 atom stereocenters. The number of aromatic nitrogens is 3. The molecule has 23 heavy (non-hydrogen) atoms. The zero-order valence-corrected chi connectivity index (χ0v) is 13.4. The van der Waals surface area contributed by atoms with Gasteiger partial charge in [0.25, 0.3) is 0 Å². The second-order valence-corrected chi connectivity index (χ2v) is 6.08. The summed E-state index contributed by atoms with van der Waals surface area (Å²) in [4.78, 5) is 10.1. The van der Waals surface area contributed by atoms with Crippen LogP contribution in [0.4, 0.5) is 0 Å². The summed E-state index contributed by atoms with van der Waals surface area (Å²) in [7, 11) is 0. The Morgan fingerprint density at radius 3 is 2.91 bits per heavy atom. The quantitative estimate of drug-likeness (QED) is 0.801. The molecule has 0 saturated carbocycles. The highest BCUT2D eigenvalue weighted by Gasteiger charge is 2.23. The van der Waals surface area contributed by atoms with Crippen LogP contribution in [-0.2, 0) is 0 Å². The first kappa shape index (κ1) is 14.2.